The topological polar surface area (TPSA) is 61.8 Å². The second-order valence-electron chi connectivity index (χ2n) is 8.34. The summed E-state index contributed by atoms with van der Waals surface area (Å²) >= 11 is 0. The molecule has 2 aliphatic rings. The molecule has 0 unspecified atom stereocenters. The number of nitrogens with zero attached hydrogens (tertiary/aromatic N) is 3. The summed E-state index contributed by atoms with van der Waals surface area (Å²) in [5.41, 5.74) is 3.74. The normalized spacial score (nSPS) is 16.6. The van der Waals surface area contributed by atoms with Crippen molar-refractivity contribution in [3.63, 3.8) is 0 Å². The highest BCUT2D eigenvalue weighted by atomic mass is 127. The van der Waals surface area contributed by atoms with Gasteiger partial charge in [0.15, 0.2) is 5.96 Å². The van der Waals surface area contributed by atoms with Crippen LogP contribution in [0.4, 0.5) is 0 Å². The molecule has 0 bridgehead atoms. The number of likely N-dealkylation sites (tertiary alicyclic amines) is 1. The van der Waals surface area contributed by atoms with Crippen LogP contribution in [0.1, 0.15) is 42.4 Å². The van der Waals surface area contributed by atoms with E-state index in [-0.39, 0.29) is 24.0 Å². The fraction of sp³-hybridized carbons (Fsp3) is 0.500. The van der Waals surface area contributed by atoms with Crippen LogP contribution in [0.15, 0.2) is 47.6 Å². The Labute approximate surface area is 202 Å². The minimum absolute atomic E-state index is 0. The van der Waals surface area contributed by atoms with Crippen molar-refractivity contribution in [1.29, 1.82) is 0 Å². The average molecular weight is 535 g/mol. The van der Waals surface area contributed by atoms with Crippen LogP contribution in [0.25, 0.3) is 0 Å². The van der Waals surface area contributed by atoms with Gasteiger partial charge in [0.25, 0.3) is 0 Å². The molecule has 2 fully saturated rings. The fourth-order valence-electron chi connectivity index (χ4n) is 3.64. The summed E-state index contributed by atoms with van der Waals surface area (Å²) in [6.45, 7) is 5.74. The van der Waals surface area contributed by atoms with Crippen molar-refractivity contribution in [3.8, 4) is 5.88 Å². The highest BCUT2D eigenvalue weighted by molar-refractivity contribution is 14.0. The van der Waals surface area contributed by atoms with Gasteiger partial charge in [0.1, 0.15) is 0 Å². The monoisotopic (exact) mass is 535 g/mol. The Morgan fingerprint density at radius 2 is 1.65 bits per heavy atom. The van der Waals surface area contributed by atoms with Crippen LogP contribution in [0.2, 0.25) is 0 Å². The zero-order valence-electron chi connectivity index (χ0n) is 18.3. The van der Waals surface area contributed by atoms with Crippen LogP contribution in [0, 0.1) is 5.92 Å². The lowest BCUT2D eigenvalue weighted by atomic mass is 10.1. The van der Waals surface area contributed by atoms with Crippen molar-refractivity contribution in [3.05, 3.63) is 59.3 Å². The molecule has 0 radical (unpaired) electrons. The summed E-state index contributed by atoms with van der Waals surface area (Å²) in [6, 6.07) is 12.9. The molecule has 4 rings (SSSR count). The molecule has 7 heteroatoms. The number of benzene rings is 1. The van der Waals surface area contributed by atoms with Gasteiger partial charge < -0.3 is 15.4 Å². The van der Waals surface area contributed by atoms with Crippen LogP contribution >= 0.6 is 24.0 Å². The first-order valence-electron chi connectivity index (χ1n) is 11.1. The van der Waals surface area contributed by atoms with Gasteiger partial charge in [-0.3, -0.25) is 9.89 Å². The maximum Gasteiger partial charge on any atom is 0.213 e. The Bertz CT molecular complexity index is 815. The van der Waals surface area contributed by atoms with Gasteiger partial charge in [-0.1, -0.05) is 30.3 Å². The predicted molar refractivity (Wildman–Crippen MR) is 136 cm³/mol. The molecule has 2 N–H and O–H groups in total. The van der Waals surface area contributed by atoms with Gasteiger partial charge >= 0.3 is 0 Å². The minimum atomic E-state index is 0. The molecule has 0 atom stereocenters. The first-order chi connectivity index (χ1) is 14.8. The largest absolute Gasteiger partial charge is 0.477 e. The molecule has 1 saturated heterocycles. The maximum absolute atomic E-state index is 5.69. The molecule has 31 heavy (non-hydrogen) atoms. The summed E-state index contributed by atoms with van der Waals surface area (Å²) in [4.78, 5) is 11.2. The minimum Gasteiger partial charge on any atom is -0.477 e. The van der Waals surface area contributed by atoms with Gasteiger partial charge in [0, 0.05) is 38.9 Å². The van der Waals surface area contributed by atoms with E-state index < -0.39 is 0 Å². The van der Waals surface area contributed by atoms with Gasteiger partial charge in [0.2, 0.25) is 5.88 Å². The van der Waals surface area contributed by atoms with Crippen molar-refractivity contribution >= 4 is 29.9 Å². The number of guanidine groups is 1. The van der Waals surface area contributed by atoms with Crippen LogP contribution in [-0.2, 0) is 19.6 Å². The number of ether oxygens (including phenoxy) is 1. The zero-order valence-corrected chi connectivity index (χ0v) is 20.7. The number of aromatic nitrogens is 1. The number of nitrogens with one attached hydrogen (secondary N) is 2. The number of pyridine rings is 1. The third kappa shape index (κ3) is 7.96. The number of hydrogen-bond donors (Lipinski definition) is 2. The van der Waals surface area contributed by atoms with Crippen molar-refractivity contribution in [1.82, 2.24) is 20.5 Å². The zero-order chi connectivity index (χ0) is 20.6. The third-order valence-corrected chi connectivity index (χ3v) is 5.73. The Morgan fingerprint density at radius 1 is 1.00 bits per heavy atom. The predicted octanol–water partition coefficient (Wildman–Crippen LogP) is 3.95. The fourth-order valence-corrected chi connectivity index (χ4v) is 3.64. The molecule has 1 aliphatic carbocycles. The molecule has 2 heterocycles. The molecule has 1 aromatic carbocycles. The van der Waals surface area contributed by atoms with E-state index in [2.05, 4.69) is 55.8 Å². The Balaban J connectivity index is 0.00000272. The number of halogens is 1. The quantitative estimate of drug-likeness (QED) is 0.290. The van der Waals surface area contributed by atoms with Gasteiger partial charge in [-0.25, -0.2) is 4.98 Å². The molecule has 1 aromatic heterocycles. The Morgan fingerprint density at radius 3 is 2.26 bits per heavy atom. The molecular formula is C24H34IN5O. The summed E-state index contributed by atoms with van der Waals surface area (Å²) in [7, 11) is 1.79. The first kappa shape index (κ1) is 23.8. The van der Waals surface area contributed by atoms with E-state index in [9.17, 15) is 0 Å². The lowest BCUT2D eigenvalue weighted by Crippen LogP contribution is -2.36. The van der Waals surface area contributed by atoms with Gasteiger partial charge in [0.05, 0.1) is 6.61 Å². The second-order valence-corrected chi connectivity index (χ2v) is 8.34. The van der Waals surface area contributed by atoms with Crippen molar-refractivity contribution in [2.45, 2.75) is 45.3 Å². The summed E-state index contributed by atoms with van der Waals surface area (Å²) in [6.07, 6.45) is 7.11. The van der Waals surface area contributed by atoms with Crippen molar-refractivity contribution in [2.75, 3.05) is 26.7 Å². The molecule has 0 amide bonds. The number of aliphatic imine (C=N–C) groups is 1. The van der Waals surface area contributed by atoms with Crippen molar-refractivity contribution < 1.29 is 4.74 Å². The standard InChI is InChI=1S/C24H33N5O.HI/c1-25-24(28-16-22-10-11-23(26-15-22)30-18-21-8-9-21)27-14-19-4-6-20(7-5-19)17-29-12-2-3-13-29;/h4-7,10-11,15,21H,2-3,8-9,12-14,16-18H2,1H3,(H2,25,27,28);1H. The van der Waals surface area contributed by atoms with E-state index in [0.717, 1.165) is 37.1 Å². The van der Waals surface area contributed by atoms with E-state index in [4.69, 9.17) is 4.74 Å². The second kappa shape index (κ2) is 12.2. The first-order valence-corrected chi connectivity index (χ1v) is 11.1. The van der Waals surface area contributed by atoms with Crippen LogP contribution < -0.4 is 15.4 Å². The van der Waals surface area contributed by atoms with Crippen LogP contribution in [-0.4, -0.2) is 42.6 Å². The van der Waals surface area contributed by atoms with E-state index in [1.807, 2.05) is 12.3 Å². The van der Waals surface area contributed by atoms with Gasteiger partial charge in [-0.05, 0) is 61.4 Å². The highest BCUT2D eigenvalue weighted by Gasteiger charge is 2.22. The third-order valence-electron chi connectivity index (χ3n) is 5.73. The molecule has 1 saturated carbocycles. The van der Waals surface area contributed by atoms with Gasteiger partial charge in [-0.2, -0.15) is 0 Å². The maximum atomic E-state index is 5.69. The molecule has 1 aliphatic heterocycles. The Hall–Kier alpha value is -1.87. The molecular weight excluding hydrogens is 501 g/mol. The van der Waals surface area contributed by atoms with E-state index in [1.165, 1.54) is 49.9 Å². The molecule has 168 valence electrons. The SMILES string of the molecule is CN=C(NCc1ccc(CN2CCCC2)cc1)NCc1ccc(OCC2CC2)nc1.I. The highest BCUT2D eigenvalue weighted by Crippen LogP contribution is 2.29. The smallest absolute Gasteiger partial charge is 0.213 e. The van der Waals surface area contributed by atoms with Crippen LogP contribution in [0.5, 0.6) is 5.88 Å². The van der Waals surface area contributed by atoms with Crippen LogP contribution in [0.3, 0.4) is 0 Å². The van der Waals surface area contributed by atoms with Crippen molar-refractivity contribution in [2.24, 2.45) is 10.9 Å². The van der Waals surface area contributed by atoms with E-state index >= 15 is 0 Å². The average Bonchev–Trinajstić information content (AvgIpc) is 3.48. The summed E-state index contributed by atoms with van der Waals surface area (Å²) in [5, 5.41) is 6.73. The number of rotatable bonds is 9. The Kier molecular flexibility index (Phi) is 9.39. The molecule has 0 spiro atoms. The lowest BCUT2D eigenvalue weighted by Gasteiger charge is -2.15. The summed E-state index contributed by atoms with van der Waals surface area (Å²) < 4.78 is 5.69. The van der Waals surface area contributed by atoms with E-state index in [0.29, 0.717) is 12.4 Å². The van der Waals surface area contributed by atoms with E-state index in [1.54, 1.807) is 7.05 Å². The number of hydrogen-bond acceptors (Lipinski definition) is 4. The molecule has 6 nitrogen and oxygen atoms in total. The van der Waals surface area contributed by atoms with Gasteiger partial charge in [-0.15, -0.1) is 24.0 Å². The lowest BCUT2D eigenvalue weighted by molar-refractivity contribution is 0.288. The summed E-state index contributed by atoms with van der Waals surface area (Å²) in [5.74, 6) is 2.23. The molecule has 2 aromatic rings.